The molecule has 1 N–H and O–H groups in total. The lowest BCUT2D eigenvalue weighted by atomic mass is 9.82. The second-order valence-electron chi connectivity index (χ2n) is 9.09. The first kappa shape index (κ1) is 24.3. The van der Waals surface area contributed by atoms with Crippen LogP contribution in [0.25, 0.3) is 11.0 Å². The number of aryl methyl sites for hydroxylation is 2. The van der Waals surface area contributed by atoms with E-state index in [0.717, 1.165) is 22.3 Å². The van der Waals surface area contributed by atoms with Gasteiger partial charge < -0.3 is 19.7 Å². The number of ether oxygens (including phenoxy) is 2. The Balaban J connectivity index is 1.54. The molecule has 1 aliphatic heterocycles. The van der Waals surface area contributed by atoms with Gasteiger partial charge in [0.15, 0.2) is 5.65 Å². The van der Waals surface area contributed by atoms with Gasteiger partial charge in [0.25, 0.3) is 0 Å². The second-order valence-corrected chi connectivity index (χ2v) is 9.09. The molecule has 2 atom stereocenters. The van der Waals surface area contributed by atoms with E-state index in [-0.39, 0.29) is 18.2 Å². The van der Waals surface area contributed by atoms with Crippen molar-refractivity contribution < 1.29 is 19.1 Å². The minimum Gasteiger partial charge on any atom is -0.497 e. The van der Waals surface area contributed by atoms with Gasteiger partial charge in [-0.1, -0.05) is 18.2 Å². The highest BCUT2D eigenvalue weighted by atomic mass is 16.5. The molecule has 1 fully saturated rings. The van der Waals surface area contributed by atoms with Crippen LogP contribution < -0.4 is 19.7 Å². The zero-order chi connectivity index (χ0) is 26.1. The molecule has 5 rings (SSSR count). The van der Waals surface area contributed by atoms with Gasteiger partial charge in [0.1, 0.15) is 11.5 Å². The number of para-hydroxylation sites is 1. The molecule has 3 heterocycles. The first-order valence-corrected chi connectivity index (χ1v) is 12.1. The van der Waals surface area contributed by atoms with Crippen molar-refractivity contribution in [1.29, 1.82) is 0 Å². The van der Waals surface area contributed by atoms with Gasteiger partial charge in [-0.05, 0) is 49.7 Å². The van der Waals surface area contributed by atoms with Crippen LogP contribution in [0, 0.1) is 12.8 Å². The summed E-state index contributed by atoms with van der Waals surface area (Å²) in [6.45, 7) is 1.91. The van der Waals surface area contributed by atoms with Crippen molar-refractivity contribution in [2.45, 2.75) is 25.8 Å². The first-order valence-electron chi connectivity index (χ1n) is 12.1. The number of methoxy groups -OCH3 is 2. The van der Waals surface area contributed by atoms with E-state index in [1.807, 2.05) is 68.6 Å². The van der Waals surface area contributed by atoms with Crippen LogP contribution in [0.1, 0.15) is 30.1 Å². The summed E-state index contributed by atoms with van der Waals surface area (Å²) in [5.74, 6) is 0.531. The Morgan fingerprint density at radius 3 is 2.57 bits per heavy atom. The highest BCUT2D eigenvalue weighted by Gasteiger charge is 2.42. The van der Waals surface area contributed by atoms with E-state index in [1.54, 1.807) is 30.0 Å². The summed E-state index contributed by atoms with van der Waals surface area (Å²) in [7, 11) is 5.02. The monoisotopic (exact) mass is 499 g/mol. The van der Waals surface area contributed by atoms with E-state index < -0.39 is 12.0 Å². The van der Waals surface area contributed by atoms with Gasteiger partial charge in [-0.15, -0.1) is 0 Å². The molecular formula is C28H29N5O4. The zero-order valence-corrected chi connectivity index (χ0v) is 21.3. The Hall–Kier alpha value is -4.40. The lowest BCUT2D eigenvalue weighted by Crippen LogP contribution is -2.47. The Morgan fingerprint density at radius 2 is 1.84 bits per heavy atom. The third kappa shape index (κ3) is 4.48. The molecular weight excluding hydrogens is 470 g/mol. The number of carbonyl (C=O) groups is 2. The zero-order valence-electron chi connectivity index (χ0n) is 21.3. The lowest BCUT2D eigenvalue weighted by Gasteiger charge is -2.41. The molecule has 190 valence electrons. The summed E-state index contributed by atoms with van der Waals surface area (Å²) in [5.41, 5.74) is 3.62. The standard InChI is InChI=1S/C28H29N5O4/c1-17-23-15-18(16-29-27(23)32(2)31-17)30-28(35)22-13-14-25(34)33(19-9-11-20(36-3)12-10-19)26(22)21-7-5-6-8-24(21)37-4/h5-12,15-16,22,26H,13-14H2,1-4H3,(H,30,35)/t22-,26-/m1/s1. The molecule has 4 aromatic rings. The number of nitrogens with one attached hydrogen (secondary N) is 1. The van der Waals surface area contributed by atoms with Crippen LogP contribution in [0.3, 0.4) is 0 Å². The van der Waals surface area contributed by atoms with Crippen molar-refractivity contribution >= 4 is 34.2 Å². The van der Waals surface area contributed by atoms with Crippen LogP contribution in [0.15, 0.2) is 60.8 Å². The number of benzene rings is 2. The van der Waals surface area contributed by atoms with Gasteiger partial charge in [-0.25, -0.2) is 4.98 Å². The van der Waals surface area contributed by atoms with E-state index in [9.17, 15) is 9.59 Å². The van der Waals surface area contributed by atoms with Crippen LogP contribution in [0.4, 0.5) is 11.4 Å². The number of hydrogen-bond acceptors (Lipinski definition) is 6. The molecule has 0 unspecified atom stereocenters. The first-order chi connectivity index (χ1) is 17.9. The van der Waals surface area contributed by atoms with Crippen LogP contribution in [-0.2, 0) is 16.6 Å². The van der Waals surface area contributed by atoms with Gasteiger partial charge in [-0.3, -0.25) is 14.3 Å². The lowest BCUT2D eigenvalue weighted by molar-refractivity contribution is -0.125. The number of amides is 2. The number of pyridine rings is 1. The SMILES string of the molecule is COc1ccc(N2C(=O)CC[C@@H](C(=O)Nc3cnc4c(c3)c(C)nn4C)[C@H]2c2ccccc2OC)cc1. The molecule has 2 aromatic carbocycles. The van der Waals surface area contributed by atoms with Crippen molar-refractivity contribution in [3.8, 4) is 11.5 Å². The maximum Gasteiger partial charge on any atom is 0.229 e. The number of fused-ring (bicyclic) bond motifs is 1. The number of aromatic nitrogens is 3. The molecule has 0 radical (unpaired) electrons. The van der Waals surface area contributed by atoms with Crippen LogP contribution in [0.2, 0.25) is 0 Å². The van der Waals surface area contributed by atoms with Gasteiger partial charge in [0.2, 0.25) is 11.8 Å². The highest BCUT2D eigenvalue weighted by Crippen LogP contribution is 2.43. The normalized spacial score (nSPS) is 17.6. The maximum absolute atomic E-state index is 13.8. The van der Waals surface area contributed by atoms with Crippen molar-refractivity contribution in [2.75, 3.05) is 24.4 Å². The quantitative estimate of drug-likeness (QED) is 0.422. The number of anilines is 2. The van der Waals surface area contributed by atoms with E-state index in [0.29, 0.717) is 29.3 Å². The van der Waals surface area contributed by atoms with Crippen molar-refractivity contribution in [3.05, 3.63) is 72.1 Å². The summed E-state index contributed by atoms with van der Waals surface area (Å²) in [4.78, 5) is 33.3. The molecule has 37 heavy (non-hydrogen) atoms. The highest BCUT2D eigenvalue weighted by molar-refractivity contribution is 6.01. The second kappa shape index (κ2) is 9.93. The average molecular weight is 500 g/mol. The van der Waals surface area contributed by atoms with Gasteiger partial charge in [0, 0.05) is 30.1 Å². The molecule has 0 saturated carbocycles. The third-order valence-electron chi connectivity index (χ3n) is 6.87. The average Bonchev–Trinajstić information content (AvgIpc) is 3.20. The third-order valence-corrected chi connectivity index (χ3v) is 6.87. The maximum atomic E-state index is 13.8. The van der Waals surface area contributed by atoms with Crippen LogP contribution >= 0.6 is 0 Å². The van der Waals surface area contributed by atoms with Crippen LogP contribution in [0.5, 0.6) is 11.5 Å². The Bertz CT molecular complexity index is 1460. The summed E-state index contributed by atoms with van der Waals surface area (Å²) < 4.78 is 12.7. The minimum atomic E-state index is -0.567. The van der Waals surface area contributed by atoms with Crippen LogP contribution in [-0.4, -0.2) is 40.8 Å². The molecule has 2 aromatic heterocycles. The number of nitrogens with zero attached hydrogens (tertiary/aromatic N) is 4. The van der Waals surface area contributed by atoms with E-state index in [1.165, 1.54) is 0 Å². The summed E-state index contributed by atoms with van der Waals surface area (Å²) >= 11 is 0. The predicted molar refractivity (Wildman–Crippen MR) is 141 cm³/mol. The number of carbonyl (C=O) groups excluding carboxylic acids is 2. The van der Waals surface area contributed by atoms with Crippen molar-refractivity contribution in [1.82, 2.24) is 14.8 Å². The Kier molecular flexibility index (Phi) is 6.52. The van der Waals surface area contributed by atoms with Gasteiger partial charge >= 0.3 is 0 Å². The number of rotatable bonds is 6. The molecule has 2 amide bonds. The van der Waals surface area contributed by atoms with E-state index >= 15 is 0 Å². The minimum absolute atomic E-state index is 0.0563. The summed E-state index contributed by atoms with van der Waals surface area (Å²) in [5, 5.41) is 8.33. The fourth-order valence-electron chi connectivity index (χ4n) is 5.09. The topological polar surface area (TPSA) is 98.6 Å². The fraction of sp³-hybridized carbons (Fsp3) is 0.286. The van der Waals surface area contributed by atoms with E-state index in [4.69, 9.17) is 9.47 Å². The summed E-state index contributed by atoms with van der Waals surface area (Å²) in [6, 6.07) is 16.1. The predicted octanol–water partition coefficient (Wildman–Crippen LogP) is 4.42. The molecule has 9 nitrogen and oxygen atoms in total. The summed E-state index contributed by atoms with van der Waals surface area (Å²) in [6.07, 6.45) is 2.28. The van der Waals surface area contributed by atoms with Gasteiger partial charge in [-0.2, -0.15) is 5.10 Å². The number of piperidine rings is 1. The fourth-order valence-corrected chi connectivity index (χ4v) is 5.09. The van der Waals surface area contributed by atoms with E-state index in [2.05, 4.69) is 15.4 Å². The molecule has 1 aliphatic rings. The van der Waals surface area contributed by atoms with Crippen molar-refractivity contribution in [3.63, 3.8) is 0 Å². The smallest absolute Gasteiger partial charge is 0.229 e. The molecule has 0 aliphatic carbocycles. The molecule has 0 bridgehead atoms. The Morgan fingerprint density at radius 1 is 1.08 bits per heavy atom. The Labute approximate surface area is 215 Å². The molecule has 0 spiro atoms. The number of hydrogen-bond donors (Lipinski definition) is 1. The molecule has 1 saturated heterocycles. The largest absolute Gasteiger partial charge is 0.497 e. The van der Waals surface area contributed by atoms with Gasteiger partial charge in [0.05, 0.1) is 43.8 Å². The van der Waals surface area contributed by atoms with Crippen molar-refractivity contribution in [2.24, 2.45) is 13.0 Å². The molecule has 9 heteroatoms.